The molecule has 4 nitrogen and oxygen atoms in total. The summed E-state index contributed by atoms with van der Waals surface area (Å²) in [6.45, 7) is 5.86. The molecule has 0 saturated heterocycles. The fourth-order valence-electron chi connectivity index (χ4n) is 1.98. The van der Waals surface area contributed by atoms with Crippen LogP contribution in [0.4, 0.5) is 0 Å². The van der Waals surface area contributed by atoms with Gasteiger partial charge in [0, 0.05) is 23.1 Å². The third-order valence-corrected chi connectivity index (χ3v) is 3.61. The molecule has 1 atom stereocenters. The van der Waals surface area contributed by atoms with E-state index in [1.54, 1.807) is 0 Å². The number of halogens is 1. The lowest BCUT2D eigenvalue weighted by Gasteiger charge is -2.14. The fraction of sp³-hybridized carbons (Fsp3) is 0.357. The van der Waals surface area contributed by atoms with Crippen LogP contribution in [0.5, 0.6) is 11.5 Å². The van der Waals surface area contributed by atoms with Crippen molar-refractivity contribution in [1.29, 1.82) is 0 Å². The van der Waals surface area contributed by atoms with Gasteiger partial charge in [0.1, 0.15) is 11.4 Å². The minimum Gasteiger partial charge on any atom is -0.453 e. The minimum atomic E-state index is -0.0830. The summed E-state index contributed by atoms with van der Waals surface area (Å²) in [5, 5.41) is 4.35. The molecule has 2 N–H and O–H groups in total. The molecular weight excluding hydrogens is 306 g/mol. The van der Waals surface area contributed by atoms with E-state index in [2.05, 4.69) is 21.0 Å². The Morgan fingerprint density at radius 1 is 1.37 bits per heavy atom. The normalized spacial score (nSPS) is 12.5. The summed E-state index contributed by atoms with van der Waals surface area (Å²) in [7, 11) is 1.91. The summed E-state index contributed by atoms with van der Waals surface area (Å²) in [4.78, 5) is 0. The number of benzene rings is 1. The van der Waals surface area contributed by atoms with Crippen molar-refractivity contribution in [2.24, 2.45) is 12.8 Å². The molecule has 1 aromatic carbocycles. The van der Waals surface area contributed by atoms with E-state index >= 15 is 0 Å². The van der Waals surface area contributed by atoms with Gasteiger partial charge < -0.3 is 10.5 Å². The molecule has 1 aromatic heterocycles. The van der Waals surface area contributed by atoms with Crippen LogP contribution in [0.25, 0.3) is 0 Å². The molecular formula is C14H18BrN3O. The average Bonchev–Trinajstić information content (AvgIpc) is 2.56. The van der Waals surface area contributed by atoms with E-state index in [-0.39, 0.29) is 6.04 Å². The maximum absolute atomic E-state index is 6.04. The lowest BCUT2D eigenvalue weighted by atomic mass is 10.1. The van der Waals surface area contributed by atoms with E-state index in [0.29, 0.717) is 0 Å². The molecule has 0 spiro atoms. The molecule has 0 amide bonds. The van der Waals surface area contributed by atoms with Gasteiger partial charge in [0.05, 0.1) is 5.69 Å². The molecule has 0 aliphatic rings. The Morgan fingerprint density at radius 3 is 2.58 bits per heavy atom. The Labute approximate surface area is 121 Å². The molecule has 5 heteroatoms. The molecule has 0 fully saturated rings. The highest BCUT2D eigenvalue weighted by molar-refractivity contribution is 9.10. The first-order valence-electron chi connectivity index (χ1n) is 6.13. The largest absolute Gasteiger partial charge is 0.453 e. The molecule has 2 rings (SSSR count). The monoisotopic (exact) mass is 323 g/mol. The summed E-state index contributed by atoms with van der Waals surface area (Å²) in [5.41, 5.74) is 8.83. The first-order valence-corrected chi connectivity index (χ1v) is 6.92. The number of hydrogen-bond acceptors (Lipinski definition) is 3. The Balaban J connectivity index is 2.45. The number of nitrogens with two attached hydrogens (primary N) is 1. The van der Waals surface area contributed by atoms with E-state index in [1.807, 2.05) is 50.7 Å². The SMILES string of the molecule is Cc1nn(C)c(C)c1Oc1cc(Br)ccc1C(C)N. The number of aryl methyl sites for hydroxylation is 2. The zero-order valence-corrected chi connectivity index (χ0v) is 13.2. The predicted molar refractivity (Wildman–Crippen MR) is 79.5 cm³/mol. The van der Waals surface area contributed by atoms with E-state index < -0.39 is 0 Å². The summed E-state index contributed by atoms with van der Waals surface area (Å²) >= 11 is 3.46. The average molecular weight is 324 g/mol. The zero-order chi connectivity index (χ0) is 14.2. The van der Waals surface area contributed by atoms with Gasteiger partial charge in [0.15, 0.2) is 5.75 Å². The molecule has 2 aromatic rings. The van der Waals surface area contributed by atoms with Gasteiger partial charge in [-0.2, -0.15) is 5.10 Å². The van der Waals surface area contributed by atoms with Crippen LogP contribution >= 0.6 is 15.9 Å². The molecule has 1 heterocycles. The summed E-state index contributed by atoms with van der Waals surface area (Å²) < 4.78 is 8.82. The zero-order valence-electron chi connectivity index (χ0n) is 11.6. The molecule has 102 valence electrons. The number of nitrogens with zero attached hydrogens (tertiary/aromatic N) is 2. The molecule has 0 radical (unpaired) electrons. The van der Waals surface area contributed by atoms with Crippen LogP contribution in [0.3, 0.4) is 0 Å². The highest BCUT2D eigenvalue weighted by Crippen LogP contribution is 2.34. The van der Waals surface area contributed by atoms with Gasteiger partial charge >= 0.3 is 0 Å². The van der Waals surface area contributed by atoms with E-state index in [1.165, 1.54) is 0 Å². The Kier molecular flexibility index (Phi) is 3.96. The summed E-state index contributed by atoms with van der Waals surface area (Å²) in [6.07, 6.45) is 0. The maximum atomic E-state index is 6.04. The highest BCUT2D eigenvalue weighted by atomic mass is 79.9. The Bertz CT molecular complexity index is 605. The second-order valence-corrected chi connectivity index (χ2v) is 5.61. The molecule has 1 unspecified atom stereocenters. The standard InChI is InChI=1S/C14H18BrN3O/c1-8(16)12-6-5-11(15)7-13(12)19-14-9(2)17-18(4)10(14)3/h5-8H,16H2,1-4H3. The number of rotatable bonds is 3. The van der Waals surface area contributed by atoms with Crippen molar-refractivity contribution in [2.45, 2.75) is 26.8 Å². The quantitative estimate of drug-likeness (QED) is 0.938. The third-order valence-electron chi connectivity index (χ3n) is 3.12. The van der Waals surface area contributed by atoms with Crippen LogP contribution in [0.2, 0.25) is 0 Å². The number of ether oxygens (including phenoxy) is 1. The molecule has 0 bridgehead atoms. The number of hydrogen-bond donors (Lipinski definition) is 1. The third kappa shape index (κ3) is 2.82. The van der Waals surface area contributed by atoms with Crippen molar-refractivity contribution in [3.8, 4) is 11.5 Å². The van der Waals surface area contributed by atoms with Crippen LogP contribution in [0, 0.1) is 13.8 Å². The van der Waals surface area contributed by atoms with Crippen molar-refractivity contribution >= 4 is 15.9 Å². The van der Waals surface area contributed by atoms with Gasteiger partial charge in [0.2, 0.25) is 0 Å². The predicted octanol–water partition coefficient (Wildman–Crippen LogP) is 3.61. The fourth-order valence-corrected chi connectivity index (χ4v) is 2.32. The van der Waals surface area contributed by atoms with Gasteiger partial charge in [0.25, 0.3) is 0 Å². The van der Waals surface area contributed by atoms with Crippen molar-refractivity contribution in [2.75, 3.05) is 0 Å². The first-order chi connectivity index (χ1) is 8.90. The van der Waals surface area contributed by atoms with Crippen molar-refractivity contribution in [3.05, 3.63) is 39.6 Å². The van der Waals surface area contributed by atoms with Gasteiger partial charge in [-0.25, -0.2) is 0 Å². The number of aromatic nitrogens is 2. The lowest BCUT2D eigenvalue weighted by molar-refractivity contribution is 0.464. The molecule has 19 heavy (non-hydrogen) atoms. The van der Waals surface area contributed by atoms with Crippen LogP contribution < -0.4 is 10.5 Å². The van der Waals surface area contributed by atoms with Crippen LogP contribution in [-0.4, -0.2) is 9.78 Å². The second kappa shape index (κ2) is 5.35. The Morgan fingerprint density at radius 2 is 2.05 bits per heavy atom. The minimum absolute atomic E-state index is 0.0830. The van der Waals surface area contributed by atoms with Crippen LogP contribution in [-0.2, 0) is 7.05 Å². The van der Waals surface area contributed by atoms with Crippen molar-refractivity contribution in [1.82, 2.24) is 9.78 Å². The maximum Gasteiger partial charge on any atom is 0.171 e. The van der Waals surface area contributed by atoms with Gasteiger partial charge in [-0.3, -0.25) is 4.68 Å². The highest BCUT2D eigenvalue weighted by Gasteiger charge is 2.15. The summed E-state index contributed by atoms with van der Waals surface area (Å²) in [5.74, 6) is 1.56. The smallest absolute Gasteiger partial charge is 0.171 e. The van der Waals surface area contributed by atoms with Gasteiger partial charge in [-0.1, -0.05) is 22.0 Å². The Hall–Kier alpha value is -1.33. The molecule has 0 saturated carbocycles. The van der Waals surface area contributed by atoms with Gasteiger partial charge in [-0.15, -0.1) is 0 Å². The van der Waals surface area contributed by atoms with Crippen molar-refractivity contribution in [3.63, 3.8) is 0 Å². The van der Waals surface area contributed by atoms with Crippen LogP contribution in [0.1, 0.15) is 29.9 Å². The van der Waals surface area contributed by atoms with Crippen molar-refractivity contribution < 1.29 is 4.74 Å². The topological polar surface area (TPSA) is 53.1 Å². The van der Waals surface area contributed by atoms with Crippen LogP contribution in [0.15, 0.2) is 22.7 Å². The van der Waals surface area contributed by atoms with E-state index in [0.717, 1.165) is 32.9 Å². The first kappa shape index (κ1) is 14.1. The lowest BCUT2D eigenvalue weighted by Crippen LogP contribution is -2.06. The summed E-state index contributed by atoms with van der Waals surface area (Å²) in [6, 6.07) is 5.80. The van der Waals surface area contributed by atoms with E-state index in [4.69, 9.17) is 10.5 Å². The second-order valence-electron chi connectivity index (χ2n) is 4.70. The molecule has 0 aliphatic heterocycles. The van der Waals surface area contributed by atoms with Gasteiger partial charge in [-0.05, 0) is 32.9 Å². The molecule has 0 aliphatic carbocycles. The van der Waals surface area contributed by atoms with E-state index in [9.17, 15) is 0 Å².